The van der Waals surface area contributed by atoms with Crippen LogP contribution >= 0.6 is 0 Å². The van der Waals surface area contributed by atoms with Crippen LogP contribution in [-0.2, 0) is 0 Å². The van der Waals surface area contributed by atoms with Crippen molar-refractivity contribution in [1.82, 2.24) is 24.9 Å². The summed E-state index contributed by atoms with van der Waals surface area (Å²) in [4.78, 5) is 32.2. The minimum atomic E-state index is -0.259. The van der Waals surface area contributed by atoms with E-state index < -0.39 is 0 Å². The lowest BCUT2D eigenvalue weighted by Crippen LogP contribution is -2.63. The molecule has 3 aliphatic heterocycles. The molecule has 7 heteroatoms. The Balaban J connectivity index is 1.54. The van der Waals surface area contributed by atoms with Gasteiger partial charge in [-0.05, 0) is 51.9 Å². The van der Waals surface area contributed by atoms with Crippen LogP contribution in [0.25, 0.3) is 0 Å². The highest BCUT2D eigenvalue weighted by molar-refractivity contribution is 5.95. The normalized spacial score (nSPS) is 25.5. The maximum atomic E-state index is 12.0. The van der Waals surface area contributed by atoms with Gasteiger partial charge in [0.2, 0.25) is 0 Å². The summed E-state index contributed by atoms with van der Waals surface area (Å²) in [6, 6.07) is -0.518. The zero-order chi connectivity index (χ0) is 15.4. The number of hydrogen-bond donors (Lipinski definition) is 1. The van der Waals surface area contributed by atoms with Gasteiger partial charge in [0, 0.05) is 0 Å². The molecule has 3 rings (SSSR count). The van der Waals surface area contributed by atoms with Crippen LogP contribution in [0.4, 0.5) is 9.59 Å². The molecular weight excluding hydrogens is 282 g/mol. The topological polar surface area (TPSA) is 59.1 Å². The summed E-state index contributed by atoms with van der Waals surface area (Å²) in [7, 11) is 0. The van der Waals surface area contributed by atoms with E-state index in [0.717, 1.165) is 26.2 Å². The van der Waals surface area contributed by atoms with E-state index in [-0.39, 0.29) is 12.1 Å². The first-order chi connectivity index (χ1) is 10.7. The zero-order valence-corrected chi connectivity index (χ0v) is 13.3. The van der Waals surface area contributed by atoms with Crippen LogP contribution in [0, 0.1) is 0 Å². The summed E-state index contributed by atoms with van der Waals surface area (Å²) in [5.41, 5.74) is 0. The SMILES string of the molecule is O=C1NC(=O)N(CN2CCCCC2)CN1CN1CCCCC1. The molecule has 22 heavy (non-hydrogen) atoms. The second-order valence-corrected chi connectivity index (χ2v) is 6.60. The fourth-order valence-corrected chi connectivity index (χ4v) is 3.49. The highest BCUT2D eigenvalue weighted by Gasteiger charge is 2.31. The summed E-state index contributed by atoms with van der Waals surface area (Å²) in [5, 5.41) is 2.48. The molecule has 0 saturated carbocycles. The first kappa shape index (κ1) is 15.6. The quantitative estimate of drug-likeness (QED) is 0.850. The average Bonchev–Trinajstić information content (AvgIpc) is 2.54. The van der Waals surface area contributed by atoms with E-state index in [9.17, 15) is 9.59 Å². The van der Waals surface area contributed by atoms with Crippen LogP contribution in [0.15, 0.2) is 0 Å². The van der Waals surface area contributed by atoms with Crippen molar-refractivity contribution in [3.05, 3.63) is 0 Å². The number of piperidine rings is 2. The number of likely N-dealkylation sites (tertiary alicyclic amines) is 2. The summed E-state index contributed by atoms with van der Waals surface area (Å²) in [5.74, 6) is 0. The second-order valence-electron chi connectivity index (χ2n) is 6.60. The van der Waals surface area contributed by atoms with E-state index in [2.05, 4.69) is 15.1 Å². The van der Waals surface area contributed by atoms with Gasteiger partial charge in [0.15, 0.2) is 0 Å². The summed E-state index contributed by atoms with van der Waals surface area (Å²) in [6.07, 6.45) is 7.36. The van der Waals surface area contributed by atoms with Crippen molar-refractivity contribution < 1.29 is 9.59 Å². The molecule has 0 spiro atoms. The van der Waals surface area contributed by atoms with Crippen molar-refractivity contribution in [2.45, 2.75) is 38.5 Å². The van der Waals surface area contributed by atoms with Gasteiger partial charge in [0.1, 0.15) is 6.67 Å². The molecule has 0 bridgehead atoms. The van der Waals surface area contributed by atoms with E-state index in [1.807, 2.05) is 0 Å². The van der Waals surface area contributed by atoms with Crippen LogP contribution in [0.3, 0.4) is 0 Å². The van der Waals surface area contributed by atoms with Crippen molar-refractivity contribution in [3.8, 4) is 0 Å². The minimum Gasteiger partial charge on any atom is -0.293 e. The second kappa shape index (κ2) is 7.28. The first-order valence-electron chi connectivity index (χ1n) is 8.52. The average molecular weight is 309 g/mol. The van der Waals surface area contributed by atoms with Gasteiger partial charge in [0.25, 0.3) is 0 Å². The highest BCUT2D eigenvalue weighted by Crippen LogP contribution is 2.14. The third-order valence-corrected chi connectivity index (χ3v) is 4.77. The van der Waals surface area contributed by atoms with Gasteiger partial charge in [-0.25, -0.2) is 9.59 Å². The maximum absolute atomic E-state index is 12.0. The summed E-state index contributed by atoms with van der Waals surface area (Å²) >= 11 is 0. The fourth-order valence-electron chi connectivity index (χ4n) is 3.49. The van der Waals surface area contributed by atoms with Gasteiger partial charge in [-0.2, -0.15) is 0 Å². The van der Waals surface area contributed by atoms with Gasteiger partial charge in [-0.1, -0.05) is 12.8 Å². The Labute approximate surface area is 132 Å². The van der Waals surface area contributed by atoms with E-state index in [1.165, 1.54) is 38.5 Å². The fraction of sp³-hybridized carbons (Fsp3) is 0.867. The lowest BCUT2D eigenvalue weighted by atomic mass is 10.1. The van der Waals surface area contributed by atoms with Gasteiger partial charge < -0.3 is 0 Å². The lowest BCUT2D eigenvalue weighted by molar-refractivity contribution is 0.0487. The predicted octanol–water partition coefficient (Wildman–Crippen LogP) is 1.28. The van der Waals surface area contributed by atoms with Crippen molar-refractivity contribution in [2.75, 3.05) is 46.2 Å². The molecular formula is C15H27N5O2. The Hall–Kier alpha value is -1.34. The van der Waals surface area contributed by atoms with Crippen LogP contribution in [-0.4, -0.2) is 77.8 Å². The smallest absolute Gasteiger partial charge is 0.293 e. The van der Waals surface area contributed by atoms with Gasteiger partial charge in [-0.3, -0.25) is 24.9 Å². The number of amides is 4. The van der Waals surface area contributed by atoms with Gasteiger partial charge >= 0.3 is 12.1 Å². The molecule has 3 fully saturated rings. The molecule has 0 aliphatic carbocycles. The van der Waals surface area contributed by atoms with Gasteiger partial charge in [-0.15, -0.1) is 0 Å². The Morgan fingerprint density at radius 2 is 1.09 bits per heavy atom. The standard InChI is InChI=1S/C15H27N5O2/c21-14-16-15(22)20(12-18-9-5-2-6-10-18)13-19(14)11-17-7-3-1-4-8-17/h1-13H2,(H,16,21,22). The van der Waals surface area contributed by atoms with Crippen molar-refractivity contribution >= 4 is 12.1 Å². The monoisotopic (exact) mass is 309 g/mol. The van der Waals surface area contributed by atoms with Crippen molar-refractivity contribution in [2.24, 2.45) is 0 Å². The molecule has 3 heterocycles. The predicted molar refractivity (Wildman–Crippen MR) is 83.1 cm³/mol. The van der Waals surface area contributed by atoms with E-state index in [0.29, 0.717) is 20.0 Å². The number of imide groups is 1. The van der Waals surface area contributed by atoms with Crippen LogP contribution < -0.4 is 5.32 Å². The van der Waals surface area contributed by atoms with E-state index in [4.69, 9.17) is 0 Å². The first-order valence-corrected chi connectivity index (χ1v) is 8.52. The highest BCUT2D eigenvalue weighted by atomic mass is 16.2. The molecule has 0 unspecified atom stereocenters. The number of nitrogens with one attached hydrogen (secondary N) is 1. The number of nitrogens with zero attached hydrogens (tertiary/aromatic N) is 4. The molecule has 124 valence electrons. The molecule has 0 atom stereocenters. The minimum absolute atomic E-state index is 0.259. The molecule has 0 radical (unpaired) electrons. The Morgan fingerprint density at radius 1 is 0.682 bits per heavy atom. The number of urea groups is 2. The van der Waals surface area contributed by atoms with E-state index >= 15 is 0 Å². The third kappa shape index (κ3) is 3.89. The molecule has 1 N–H and O–H groups in total. The van der Waals surface area contributed by atoms with Gasteiger partial charge in [0.05, 0.1) is 13.3 Å². The summed E-state index contributed by atoms with van der Waals surface area (Å²) in [6.45, 7) is 5.82. The lowest BCUT2D eigenvalue weighted by Gasteiger charge is -2.41. The number of carbonyl (C=O) groups excluding carboxylic acids is 2. The largest absolute Gasteiger partial charge is 0.327 e. The molecule has 0 aromatic heterocycles. The van der Waals surface area contributed by atoms with E-state index in [1.54, 1.807) is 9.80 Å². The number of hydrogen-bond acceptors (Lipinski definition) is 4. The molecule has 0 aromatic rings. The maximum Gasteiger partial charge on any atom is 0.327 e. The van der Waals surface area contributed by atoms with Crippen LogP contribution in [0.1, 0.15) is 38.5 Å². The Morgan fingerprint density at radius 3 is 1.50 bits per heavy atom. The Kier molecular flexibility index (Phi) is 5.15. The van der Waals surface area contributed by atoms with Crippen LogP contribution in [0.2, 0.25) is 0 Å². The van der Waals surface area contributed by atoms with Crippen molar-refractivity contribution in [1.29, 1.82) is 0 Å². The van der Waals surface area contributed by atoms with Crippen LogP contribution in [0.5, 0.6) is 0 Å². The molecule has 7 nitrogen and oxygen atoms in total. The molecule has 4 amide bonds. The third-order valence-electron chi connectivity index (χ3n) is 4.77. The number of rotatable bonds is 4. The molecule has 3 saturated heterocycles. The molecule has 0 aromatic carbocycles. The Bertz CT molecular complexity index is 369. The zero-order valence-electron chi connectivity index (χ0n) is 13.3. The number of carbonyl (C=O) groups is 2. The summed E-state index contributed by atoms with van der Waals surface area (Å²) < 4.78 is 0. The van der Waals surface area contributed by atoms with Crippen molar-refractivity contribution in [3.63, 3.8) is 0 Å². The molecule has 3 aliphatic rings.